The molecule has 4 rings (SSSR count). The van der Waals surface area contributed by atoms with Gasteiger partial charge in [-0.2, -0.15) is 0 Å². The van der Waals surface area contributed by atoms with E-state index in [4.69, 9.17) is 10.2 Å². The molecular weight excluding hydrogens is 312 g/mol. The topological polar surface area (TPSA) is 77.8 Å². The van der Waals surface area contributed by atoms with E-state index in [1.807, 2.05) is 0 Å². The zero-order chi connectivity index (χ0) is 13.6. The van der Waals surface area contributed by atoms with Gasteiger partial charge in [-0.25, -0.2) is 0 Å². The zero-order valence-corrected chi connectivity index (χ0v) is 14.7. The van der Waals surface area contributed by atoms with Crippen LogP contribution in [0.2, 0.25) is 0 Å². The molecule has 4 bridgehead atoms. The average molecular weight is 333 g/mol. The minimum atomic E-state index is -0.919. The standard InChI is InChI=1S/C14H21NO4.Zn/c16-12(17)7-15(8-13(18)19)14-4-9-1-10(5-14)3-11(2-9)6-14;/h9-11H,1-8H2,(H,16,17)(H,18,19);. The van der Waals surface area contributed by atoms with Crippen molar-refractivity contribution in [3.8, 4) is 0 Å². The molecule has 0 aliphatic heterocycles. The fourth-order valence-corrected chi connectivity index (χ4v) is 5.17. The number of carboxylic acid groups (broad SMARTS) is 2. The van der Waals surface area contributed by atoms with Crippen molar-refractivity contribution in [2.75, 3.05) is 13.1 Å². The van der Waals surface area contributed by atoms with Crippen LogP contribution in [0.5, 0.6) is 0 Å². The first-order valence-corrected chi connectivity index (χ1v) is 7.15. The Hall–Kier alpha value is -0.477. The number of rotatable bonds is 5. The number of carbonyl (C=O) groups is 2. The molecule has 0 spiro atoms. The van der Waals surface area contributed by atoms with Crippen molar-refractivity contribution in [2.24, 2.45) is 17.8 Å². The summed E-state index contributed by atoms with van der Waals surface area (Å²) in [6.07, 6.45) is 6.81. The van der Waals surface area contributed by atoms with E-state index >= 15 is 0 Å². The van der Waals surface area contributed by atoms with Crippen molar-refractivity contribution in [3.05, 3.63) is 0 Å². The molecule has 5 nitrogen and oxygen atoms in total. The van der Waals surface area contributed by atoms with Gasteiger partial charge in [-0.05, 0) is 56.3 Å². The molecule has 4 fully saturated rings. The number of hydrogen-bond donors (Lipinski definition) is 2. The molecule has 0 aromatic rings. The van der Waals surface area contributed by atoms with Crippen LogP contribution < -0.4 is 0 Å². The summed E-state index contributed by atoms with van der Waals surface area (Å²) in [6, 6.07) is 0. The van der Waals surface area contributed by atoms with Gasteiger partial charge in [0.15, 0.2) is 0 Å². The number of nitrogens with zero attached hydrogens (tertiary/aromatic N) is 1. The second-order valence-corrected chi connectivity index (χ2v) is 6.79. The molecular formula is C14H21NO4Zn. The normalized spacial score (nSPS) is 37.8. The third-order valence-corrected chi connectivity index (χ3v) is 5.33. The van der Waals surface area contributed by atoms with Gasteiger partial charge in [0.05, 0.1) is 13.1 Å². The molecule has 0 heterocycles. The van der Waals surface area contributed by atoms with Crippen LogP contribution in [0.25, 0.3) is 0 Å². The Labute approximate surface area is 131 Å². The summed E-state index contributed by atoms with van der Waals surface area (Å²) >= 11 is 0. The minimum absolute atomic E-state index is 0. The van der Waals surface area contributed by atoms with Crippen LogP contribution in [0, 0.1) is 17.8 Å². The van der Waals surface area contributed by atoms with E-state index in [2.05, 4.69) is 0 Å². The van der Waals surface area contributed by atoms with Gasteiger partial charge in [0, 0.05) is 25.0 Å². The van der Waals surface area contributed by atoms with Crippen LogP contribution >= 0.6 is 0 Å². The fourth-order valence-electron chi connectivity index (χ4n) is 5.17. The van der Waals surface area contributed by atoms with Gasteiger partial charge in [0.1, 0.15) is 0 Å². The molecule has 0 aromatic carbocycles. The number of hydrogen-bond acceptors (Lipinski definition) is 3. The van der Waals surface area contributed by atoms with E-state index in [-0.39, 0.29) is 38.1 Å². The zero-order valence-electron chi connectivity index (χ0n) is 11.8. The Morgan fingerprint density at radius 3 is 1.55 bits per heavy atom. The summed E-state index contributed by atoms with van der Waals surface area (Å²) in [4.78, 5) is 23.8. The van der Waals surface area contributed by atoms with Crippen LogP contribution in [-0.2, 0) is 29.1 Å². The van der Waals surface area contributed by atoms with Crippen LogP contribution in [0.4, 0.5) is 0 Å². The van der Waals surface area contributed by atoms with Gasteiger partial charge in [-0.15, -0.1) is 0 Å². The van der Waals surface area contributed by atoms with Crippen LogP contribution in [-0.4, -0.2) is 45.7 Å². The third-order valence-electron chi connectivity index (χ3n) is 5.33. The second-order valence-electron chi connectivity index (χ2n) is 6.79. The van der Waals surface area contributed by atoms with Gasteiger partial charge in [-0.1, -0.05) is 0 Å². The molecule has 0 saturated heterocycles. The van der Waals surface area contributed by atoms with Crippen LogP contribution in [0.1, 0.15) is 38.5 Å². The predicted molar refractivity (Wildman–Crippen MR) is 67.7 cm³/mol. The fraction of sp³-hybridized carbons (Fsp3) is 0.857. The van der Waals surface area contributed by atoms with Crippen molar-refractivity contribution in [1.82, 2.24) is 4.90 Å². The van der Waals surface area contributed by atoms with Crippen molar-refractivity contribution in [3.63, 3.8) is 0 Å². The molecule has 0 radical (unpaired) electrons. The Morgan fingerprint density at radius 1 is 0.900 bits per heavy atom. The third kappa shape index (κ3) is 2.91. The second kappa shape index (κ2) is 5.72. The van der Waals surface area contributed by atoms with E-state index in [1.54, 1.807) is 4.90 Å². The Bertz CT molecular complexity index is 361. The largest absolute Gasteiger partial charge is 0.480 e. The van der Waals surface area contributed by atoms with Gasteiger partial charge in [0.25, 0.3) is 0 Å². The first-order valence-electron chi connectivity index (χ1n) is 7.15. The molecule has 0 atom stereocenters. The number of aliphatic carboxylic acids is 2. The summed E-state index contributed by atoms with van der Waals surface area (Å²) in [6.45, 7) is -0.281. The summed E-state index contributed by atoms with van der Waals surface area (Å²) < 4.78 is 0. The molecule has 4 aliphatic rings. The molecule has 0 amide bonds. The van der Waals surface area contributed by atoms with E-state index in [0.717, 1.165) is 19.3 Å². The van der Waals surface area contributed by atoms with E-state index in [0.29, 0.717) is 17.8 Å². The van der Waals surface area contributed by atoms with Gasteiger partial charge in [0.2, 0.25) is 0 Å². The minimum Gasteiger partial charge on any atom is -0.480 e. The first-order chi connectivity index (χ1) is 8.97. The molecule has 0 aromatic heterocycles. The predicted octanol–water partition coefficient (Wildman–Crippen LogP) is 1.42. The molecule has 4 aliphatic carbocycles. The maximum atomic E-state index is 11.0. The molecule has 2 N–H and O–H groups in total. The SMILES string of the molecule is O=C(O)CN(CC(=O)O)C12CC3CC(CC(C3)C1)C2.[Zn]. The van der Waals surface area contributed by atoms with Crippen molar-refractivity contribution < 1.29 is 39.3 Å². The maximum Gasteiger partial charge on any atom is 0.317 e. The maximum absolute atomic E-state index is 11.0. The quantitative estimate of drug-likeness (QED) is 0.745. The Morgan fingerprint density at radius 2 is 1.25 bits per heavy atom. The summed E-state index contributed by atoms with van der Waals surface area (Å²) in [5.74, 6) is 0.234. The molecule has 0 unspecified atom stereocenters. The average Bonchev–Trinajstić information content (AvgIpc) is 2.24. The summed E-state index contributed by atoms with van der Waals surface area (Å²) in [5.41, 5.74) is -0.147. The van der Waals surface area contributed by atoms with E-state index in [9.17, 15) is 9.59 Å². The first kappa shape index (κ1) is 15.9. The van der Waals surface area contributed by atoms with Gasteiger partial charge >= 0.3 is 11.9 Å². The van der Waals surface area contributed by atoms with Crippen molar-refractivity contribution in [2.45, 2.75) is 44.1 Å². The monoisotopic (exact) mass is 331 g/mol. The smallest absolute Gasteiger partial charge is 0.317 e. The summed E-state index contributed by atoms with van der Waals surface area (Å²) in [5, 5.41) is 18.1. The molecule has 4 saturated carbocycles. The Kier molecular flexibility index (Phi) is 4.55. The van der Waals surface area contributed by atoms with Gasteiger partial charge in [-0.3, -0.25) is 14.5 Å². The van der Waals surface area contributed by atoms with Crippen LogP contribution in [0.15, 0.2) is 0 Å². The molecule has 20 heavy (non-hydrogen) atoms. The van der Waals surface area contributed by atoms with Crippen molar-refractivity contribution in [1.29, 1.82) is 0 Å². The van der Waals surface area contributed by atoms with E-state index < -0.39 is 11.9 Å². The number of carboxylic acids is 2. The van der Waals surface area contributed by atoms with E-state index in [1.165, 1.54) is 19.3 Å². The molecule has 6 heteroatoms. The van der Waals surface area contributed by atoms with Crippen molar-refractivity contribution >= 4 is 11.9 Å². The summed E-state index contributed by atoms with van der Waals surface area (Å²) in [7, 11) is 0. The van der Waals surface area contributed by atoms with Crippen LogP contribution in [0.3, 0.4) is 0 Å². The molecule has 108 valence electrons. The Balaban J connectivity index is 0.00000147. The van der Waals surface area contributed by atoms with Gasteiger partial charge < -0.3 is 10.2 Å².